The quantitative estimate of drug-likeness (QED) is 0.186. The van der Waals surface area contributed by atoms with E-state index in [9.17, 15) is 4.79 Å². The zero-order valence-corrected chi connectivity index (χ0v) is 13.3. The molecule has 0 aromatic heterocycles. The second kappa shape index (κ2) is 9.58. The number of amides is 1. The molecule has 6 heteroatoms. The maximum absolute atomic E-state index is 11.7. The predicted octanol–water partition coefficient (Wildman–Crippen LogP) is 1.39. The molecular weight excluding hydrogens is 256 g/mol. The van der Waals surface area contributed by atoms with Crippen LogP contribution in [0.1, 0.15) is 47.0 Å². The number of hydrogen-bond donors (Lipinski definition) is 3. The van der Waals surface area contributed by atoms with Crippen LogP contribution < -0.4 is 11.1 Å². The standard InChI is InChI=1S/C14H30N4O2/c1-5-18(6-2)12(19)11-16-10-8-7-9-14(3,4)13(15)17-20/h16,20H,5-11H2,1-4H3,(H2,15,17). The highest BCUT2D eigenvalue weighted by Crippen LogP contribution is 2.22. The van der Waals surface area contributed by atoms with Crippen LogP contribution in [0.25, 0.3) is 0 Å². The average molecular weight is 286 g/mol. The zero-order valence-electron chi connectivity index (χ0n) is 13.3. The molecule has 0 rings (SSSR count). The Labute approximate surface area is 122 Å². The van der Waals surface area contributed by atoms with Crippen LogP contribution >= 0.6 is 0 Å². The first-order valence-corrected chi connectivity index (χ1v) is 7.35. The molecule has 0 atom stereocenters. The Morgan fingerprint density at radius 3 is 2.40 bits per heavy atom. The van der Waals surface area contributed by atoms with E-state index in [0.29, 0.717) is 6.54 Å². The fraction of sp³-hybridized carbons (Fsp3) is 0.857. The Hall–Kier alpha value is -1.30. The van der Waals surface area contributed by atoms with E-state index in [1.807, 2.05) is 32.6 Å². The lowest BCUT2D eigenvalue weighted by Crippen LogP contribution is -2.38. The van der Waals surface area contributed by atoms with Gasteiger partial charge in [-0.1, -0.05) is 25.4 Å². The highest BCUT2D eigenvalue weighted by Gasteiger charge is 2.22. The van der Waals surface area contributed by atoms with E-state index >= 15 is 0 Å². The smallest absolute Gasteiger partial charge is 0.236 e. The van der Waals surface area contributed by atoms with Crippen molar-refractivity contribution >= 4 is 11.7 Å². The monoisotopic (exact) mass is 286 g/mol. The zero-order chi connectivity index (χ0) is 15.6. The molecule has 0 unspecified atom stereocenters. The predicted molar refractivity (Wildman–Crippen MR) is 81.8 cm³/mol. The van der Waals surface area contributed by atoms with Crippen molar-refractivity contribution in [1.82, 2.24) is 10.2 Å². The van der Waals surface area contributed by atoms with Gasteiger partial charge in [0.05, 0.1) is 6.54 Å². The molecule has 4 N–H and O–H groups in total. The first kappa shape index (κ1) is 18.7. The van der Waals surface area contributed by atoms with Gasteiger partial charge < -0.3 is 21.2 Å². The van der Waals surface area contributed by atoms with E-state index in [1.165, 1.54) is 0 Å². The molecule has 6 nitrogen and oxygen atoms in total. The molecule has 0 bridgehead atoms. The number of nitrogens with two attached hydrogens (primary N) is 1. The van der Waals surface area contributed by atoms with Gasteiger partial charge in [-0.2, -0.15) is 0 Å². The minimum atomic E-state index is -0.286. The summed E-state index contributed by atoms with van der Waals surface area (Å²) in [5, 5.41) is 14.9. The van der Waals surface area contributed by atoms with Gasteiger partial charge in [0.15, 0.2) is 0 Å². The molecule has 0 spiro atoms. The van der Waals surface area contributed by atoms with E-state index in [2.05, 4.69) is 10.5 Å². The highest BCUT2D eigenvalue weighted by atomic mass is 16.4. The summed E-state index contributed by atoms with van der Waals surface area (Å²) < 4.78 is 0. The third-order valence-electron chi connectivity index (χ3n) is 3.60. The van der Waals surface area contributed by atoms with Crippen LogP contribution in [-0.4, -0.2) is 48.0 Å². The van der Waals surface area contributed by atoms with Crippen LogP contribution in [0.3, 0.4) is 0 Å². The Balaban J connectivity index is 3.76. The van der Waals surface area contributed by atoms with Gasteiger partial charge in [0, 0.05) is 18.5 Å². The Morgan fingerprint density at radius 2 is 1.90 bits per heavy atom. The summed E-state index contributed by atoms with van der Waals surface area (Å²) in [4.78, 5) is 13.5. The molecule has 0 aromatic carbocycles. The van der Waals surface area contributed by atoms with E-state index in [-0.39, 0.29) is 17.2 Å². The summed E-state index contributed by atoms with van der Waals surface area (Å²) in [7, 11) is 0. The van der Waals surface area contributed by atoms with Gasteiger partial charge in [0.2, 0.25) is 5.91 Å². The first-order valence-electron chi connectivity index (χ1n) is 7.35. The minimum Gasteiger partial charge on any atom is -0.409 e. The van der Waals surface area contributed by atoms with E-state index in [4.69, 9.17) is 10.9 Å². The van der Waals surface area contributed by atoms with Gasteiger partial charge in [0.25, 0.3) is 0 Å². The Kier molecular flexibility index (Phi) is 8.96. The molecule has 0 aliphatic carbocycles. The van der Waals surface area contributed by atoms with Crippen molar-refractivity contribution in [1.29, 1.82) is 0 Å². The van der Waals surface area contributed by atoms with Crippen molar-refractivity contribution in [3.63, 3.8) is 0 Å². The number of carbonyl (C=O) groups is 1. The van der Waals surface area contributed by atoms with Gasteiger partial charge in [-0.05, 0) is 33.2 Å². The molecule has 1 amide bonds. The summed E-state index contributed by atoms with van der Waals surface area (Å²) in [6, 6.07) is 0. The average Bonchev–Trinajstić information content (AvgIpc) is 2.42. The molecule has 0 saturated heterocycles. The fourth-order valence-corrected chi connectivity index (χ4v) is 1.96. The van der Waals surface area contributed by atoms with Crippen molar-refractivity contribution in [2.45, 2.75) is 47.0 Å². The van der Waals surface area contributed by atoms with Gasteiger partial charge in [-0.15, -0.1) is 0 Å². The number of carbonyl (C=O) groups excluding carboxylic acids is 1. The van der Waals surface area contributed by atoms with Crippen LogP contribution in [-0.2, 0) is 4.79 Å². The van der Waals surface area contributed by atoms with Crippen molar-refractivity contribution in [2.24, 2.45) is 16.3 Å². The normalized spacial score (nSPS) is 12.5. The maximum Gasteiger partial charge on any atom is 0.236 e. The lowest BCUT2D eigenvalue weighted by atomic mass is 9.86. The van der Waals surface area contributed by atoms with Crippen LogP contribution in [0.4, 0.5) is 0 Å². The van der Waals surface area contributed by atoms with Gasteiger partial charge in [-0.3, -0.25) is 4.79 Å². The van der Waals surface area contributed by atoms with Crippen LogP contribution in [0.15, 0.2) is 5.16 Å². The summed E-state index contributed by atoms with van der Waals surface area (Å²) in [5.41, 5.74) is 5.34. The second-order valence-electron chi connectivity index (χ2n) is 5.57. The Bertz CT molecular complexity index is 312. The number of rotatable bonds is 10. The van der Waals surface area contributed by atoms with Gasteiger partial charge in [-0.25, -0.2) is 0 Å². The molecule has 0 heterocycles. The number of likely N-dealkylation sites (N-methyl/N-ethyl adjacent to an activating group) is 1. The number of hydrogen-bond acceptors (Lipinski definition) is 4. The summed E-state index contributed by atoms with van der Waals surface area (Å²) in [6.07, 6.45) is 2.79. The summed E-state index contributed by atoms with van der Waals surface area (Å²) in [6.45, 7) is 10.6. The number of amidine groups is 1. The van der Waals surface area contributed by atoms with Gasteiger partial charge >= 0.3 is 0 Å². The molecule has 0 saturated carbocycles. The molecule has 0 fully saturated rings. The molecule has 0 aliphatic heterocycles. The van der Waals surface area contributed by atoms with Gasteiger partial charge in [0.1, 0.15) is 5.84 Å². The first-order chi connectivity index (χ1) is 9.38. The van der Waals surface area contributed by atoms with Crippen LogP contribution in [0, 0.1) is 5.41 Å². The third kappa shape index (κ3) is 6.75. The van der Waals surface area contributed by atoms with Crippen molar-refractivity contribution in [3.05, 3.63) is 0 Å². The van der Waals surface area contributed by atoms with E-state index < -0.39 is 0 Å². The van der Waals surface area contributed by atoms with Crippen molar-refractivity contribution in [3.8, 4) is 0 Å². The maximum atomic E-state index is 11.7. The molecule has 0 aromatic rings. The fourth-order valence-electron chi connectivity index (χ4n) is 1.96. The van der Waals surface area contributed by atoms with Crippen molar-refractivity contribution < 1.29 is 10.0 Å². The topological polar surface area (TPSA) is 91.0 Å². The molecule has 20 heavy (non-hydrogen) atoms. The molecule has 0 aliphatic rings. The molecule has 0 radical (unpaired) electrons. The third-order valence-corrected chi connectivity index (χ3v) is 3.60. The summed E-state index contributed by atoms with van der Waals surface area (Å²) in [5.74, 6) is 0.411. The number of unbranched alkanes of at least 4 members (excludes halogenated alkanes) is 1. The SMILES string of the molecule is CCN(CC)C(=O)CNCCCCC(C)(C)C(N)=NO. The lowest BCUT2D eigenvalue weighted by Gasteiger charge is -2.22. The highest BCUT2D eigenvalue weighted by molar-refractivity contribution is 5.85. The van der Waals surface area contributed by atoms with E-state index in [1.54, 1.807) is 0 Å². The number of oxime groups is 1. The van der Waals surface area contributed by atoms with Crippen LogP contribution in [0.5, 0.6) is 0 Å². The number of nitrogens with zero attached hydrogens (tertiary/aromatic N) is 2. The second-order valence-corrected chi connectivity index (χ2v) is 5.57. The lowest BCUT2D eigenvalue weighted by molar-refractivity contribution is -0.129. The molecule has 118 valence electrons. The largest absolute Gasteiger partial charge is 0.409 e. The minimum absolute atomic E-state index is 0.145. The van der Waals surface area contributed by atoms with E-state index in [0.717, 1.165) is 38.9 Å². The molecular formula is C14H30N4O2. The number of nitrogens with one attached hydrogen (secondary N) is 1. The summed E-state index contributed by atoms with van der Waals surface area (Å²) >= 11 is 0. The van der Waals surface area contributed by atoms with Crippen molar-refractivity contribution in [2.75, 3.05) is 26.2 Å². The Morgan fingerprint density at radius 1 is 1.30 bits per heavy atom. The van der Waals surface area contributed by atoms with Crippen LogP contribution in [0.2, 0.25) is 0 Å².